The topological polar surface area (TPSA) is 49.7 Å². The lowest BCUT2D eigenvalue weighted by Crippen LogP contribution is -2.44. The first-order valence-electron chi connectivity index (χ1n) is 12.6. The van der Waals surface area contributed by atoms with Gasteiger partial charge in [-0.15, -0.1) is 0 Å². The van der Waals surface area contributed by atoms with Crippen LogP contribution in [0.1, 0.15) is 73.9 Å². The SMILES string of the molecule is CC1(C)CC=C2C(c3ccc(F)cc3)=C(C(=O)c3ccc(C(F)(F)F)cc3)C(C3CCCC3)=NC2(O)C1. The van der Waals surface area contributed by atoms with Crippen molar-refractivity contribution in [1.29, 1.82) is 0 Å². The smallest absolute Gasteiger partial charge is 0.365 e. The lowest BCUT2D eigenvalue weighted by molar-refractivity contribution is -0.137. The van der Waals surface area contributed by atoms with Crippen molar-refractivity contribution in [3.63, 3.8) is 0 Å². The van der Waals surface area contributed by atoms with Crippen LogP contribution in [0.3, 0.4) is 0 Å². The van der Waals surface area contributed by atoms with Gasteiger partial charge in [0.2, 0.25) is 0 Å². The predicted molar refractivity (Wildman–Crippen MR) is 135 cm³/mol. The molecule has 1 saturated carbocycles. The summed E-state index contributed by atoms with van der Waals surface area (Å²) in [5.41, 5.74) is -0.180. The van der Waals surface area contributed by atoms with Crippen LogP contribution in [0.2, 0.25) is 0 Å². The molecule has 0 radical (unpaired) electrons. The summed E-state index contributed by atoms with van der Waals surface area (Å²) >= 11 is 0. The number of alkyl halides is 3. The average Bonchev–Trinajstić information content (AvgIpc) is 3.36. The maximum Gasteiger partial charge on any atom is 0.416 e. The van der Waals surface area contributed by atoms with Crippen molar-refractivity contribution in [1.82, 2.24) is 0 Å². The molecule has 1 fully saturated rings. The second-order valence-corrected chi connectivity index (χ2v) is 11.1. The molecule has 3 aliphatic rings. The van der Waals surface area contributed by atoms with Crippen LogP contribution in [-0.2, 0) is 6.18 Å². The minimum atomic E-state index is -4.52. The van der Waals surface area contributed by atoms with Crippen LogP contribution in [-0.4, -0.2) is 22.3 Å². The Morgan fingerprint density at radius 1 is 1.00 bits per heavy atom. The number of dihydropyridines is 1. The summed E-state index contributed by atoms with van der Waals surface area (Å²) in [7, 11) is 0. The largest absolute Gasteiger partial charge is 0.416 e. The third-order valence-corrected chi connectivity index (χ3v) is 7.67. The molecule has 1 unspecified atom stereocenters. The van der Waals surface area contributed by atoms with E-state index in [2.05, 4.69) is 0 Å². The maximum atomic E-state index is 14.1. The van der Waals surface area contributed by atoms with Crippen LogP contribution in [0.15, 0.2) is 70.7 Å². The molecule has 3 nitrogen and oxygen atoms in total. The Hall–Kier alpha value is -3.06. The maximum absolute atomic E-state index is 14.1. The predicted octanol–water partition coefficient (Wildman–Crippen LogP) is 7.56. The molecule has 7 heteroatoms. The summed E-state index contributed by atoms with van der Waals surface area (Å²) in [5, 5.41) is 11.9. The Morgan fingerprint density at radius 3 is 2.22 bits per heavy atom. The highest BCUT2D eigenvalue weighted by Gasteiger charge is 2.48. The molecule has 1 atom stereocenters. The van der Waals surface area contributed by atoms with Crippen molar-refractivity contribution < 1.29 is 27.5 Å². The molecule has 1 N–H and O–H groups in total. The van der Waals surface area contributed by atoms with Gasteiger partial charge in [-0.25, -0.2) is 4.39 Å². The van der Waals surface area contributed by atoms with Gasteiger partial charge in [-0.2, -0.15) is 13.2 Å². The van der Waals surface area contributed by atoms with Crippen molar-refractivity contribution in [2.24, 2.45) is 16.3 Å². The summed E-state index contributed by atoms with van der Waals surface area (Å²) < 4.78 is 53.4. The van der Waals surface area contributed by atoms with E-state index in [9.17, 15) is 27.5 Å². The fourth-order valence-corrected chi connectivity index (χ4v) is 5.89. The minimum absolute atomic E-state index is 0.0561. The normalized spacial score (nSPS) is 24.0. The molecule has 1 aliphatic heterocycles. The first-order chi connectivity index (χ1) is 17.4. The van der Waals surface area contributed by atoms with E-state index >= 15 is 0 Å². The van der Waals surface area contributed by atoms with Gasteiger partial charge >= 0.3 is 6.18 Å². The van der Waals surface area contributed by atoms with E-state index in [0.717, 1.165) is 37.8 Å². The monoisotopic (exact) mass is 511 g/mol. The van der Waals surface area contributed by atoms with E-state index in [0.29, 0.717) is 35.3 Å². The number of Topliss-reactive ketones (excluding diaryl/α,β-unsaturated/α-hetero) is 1. The zero-order valence-electron chi connectivity index (χ0n) is 20.8. The van der Waals surface area contributed by atoms with Crippen molar-refractivity contribution in [2.75, 3.05) is 0 Å². The lowest BCUT2D eigenvalue weighted by atomic mass is 9.68. The molecule has 1 heterocycles. The molecule has 37 heavy (non-hydrogen) atoms. The van der Waals surface area contributed by atoms with Crippen LogP contribution in [0.4, 0.5) is 17.6 Å². The van der Waals surface area contributed by atoms with Crippen LogP contribution in [0, 0.1) is 17.2 Å². The van der Waals surface area contributed by atoms with E-state index in [1.165, 1.54) is 24.3 Å². The van der Waals surface area contributed by atoms with Gasteiger partial charge in [0.25, 0.3) is 0 Å². The number of hydrogen-bond acceptors (Lipinski definition) is 3. The van der Waals surface area contributed by atoms with Crippen molar-refractivity contribution in [3.8, 4) is 0 Å². The number of benzene rings is 2. The van der Waals surface area contributed by atoms with E-state index in [1.54, 1.807) is 12.1 Å². The van der Waals surface area contributed by atoms with Gasteiger partial charge in [-0.3, -0.25) is 9.79 Å². The first-order valence-corrected chi connectivity index (χ1v) is 12.6. The number of aliphatic imine (C=N–C) groups is 1. The van der Waals surface area contributed by atoms with Gasteiger partial charge in [0.1, 0.15) is 5.82 Å². The number of allylic oxidation sites excluding steroid dienone is 2. The quantitative estimate of drug-likeness (QED) is 0.340. The van der Waals surface area contributed by atoms with E-state index in [4.69, 9.17) is 4.99 Å². The van der Waals surface area contributed by atoms with E-state index < -0.39 is 29.1 Å². The molecule has 0 bridgehead atoms. The first kappa shape index (κ1) is 25.6. The van der Waals surface area contributed by atoms with Crippen molar-refractivity contribution in [3.05, 3.63) is 88.3 Å². The molecular formula is C30H29F4NO2. The number of carbonyl (C=O) groups is 1. The van der Waals surface area contributed by atoms with Crippen LogP contribution < -0.4 is 0 Å². The standard InChI is InChI=1S/C30H29F4NO2/c1-28(2)16-15-23-24(18-9-13-22(31)14-10-18)25(26(19-5-3-4-6-19)35-29(23,37)17-28)27(36)20-7-11-21(12-8-20)30(32,33)34/h7-15,19,37H,3-6,16-17H2,1-2H3. The number of ketones is 1. The summed E-state index contributed by atoms with van der Waals surface area (Å²) in [6, 6.07) is 9.93. The molecule has 2 aromatic carbocycles. The van der Waals surface area contributed by atoms with Gasteiger partial charge in [-0.1, -0.05) is 57.0 Å². The highest BCUT2D eigenvalue weighted by atomic mass is 19.4. The average molecular weight is 512 g/mol. The molecular weight excluding hydrogens is 482 g/mol. The summed E-state index contributed by atoms with van der Waals surface area (Å²) in [6.07, 6.45) is 1.91. The fraction of sp³-hybridized carbons (Fsp3) is 0.400. The molecule has 0 saturated heterocycles. The fourth-order valence-electron chi connectivity index (χ4n) is 5.89. The van der Waals surface area contributed by atoms with Gasteiger partial charge < -0.3 is 5.11 Å². The number of nitrogens with zero attached hydrogens (tertiary/aromatic N) is 1. The van der Waals surface area contributed by atoms with Gasteiger partial charge in [0.15, 0.2) is 11.5 Å². The second kappa shape index (κ2) is 9.05. The van der Waals surface area contributed by atoms with Gasteiger partial charge in [-0.05, 0) is 54.5 Å². The van der Waals surface area contributed by atoms with Crippen molar-refractivity contribution >= 4 is 17.1 Å². The Bertz CT molecular complexity index is 1310. The zero-order chi connectivity index (χ0) is 26.6. The molecule has 194 valence electrons. The summed E-state index contributed by atoms with van der Waals surface area (Å²) in [6.45, 7) is 4.10. The summed E-state index contributed by atoms with van der Waals surface area (Å²) in [4.78, 5) is 18.9. The summed E-state index contributed by atoms with van der Waals surface area (Å²) in [5.74, 6) is -0.944. The van der Waals surface area contributed by atoms with E-state index in [1.807, 2.05) is 19.9 Å². The number of aliphatic hydroxyl groups is 1. The van der Waals surface area contributed by atoms with Gasteiger partial charge in [0.05, 0.1) is 16.8 Å². The second-order valence-electron chi connectivity index (χ2n) is 11.1. The number of carbonyl (C=O) groups excluding carboxylic acids is 1. The molecule has 0 aromatic heterocycles. The van der Waals surface area contributed by atoms with E-state index in [-0.39, 0.29) is 22.5 Å². The Morgan fingerprint density at radius 2 is 1.62 bits per heavy atom. The molecule has 2 aromatic rings. The van der Waals surface area contributed by atoms with Crippen LogP contribution >= 0.6 is 0 Å². The van der Waals surface area contributed by atoms with Crippen LogP contribution in [0.5, 0.6) is 0 Å². The molecule has 5 rings (SSSR count). The number of rotatable bonds is 4. The van der Waals surface area contributed by atoms with Crippen LogP contribution in [0.25, 0.3) is 5.57 Å². The zero-order valence-corrected chi connectivity index (χ0v) is 20.8. The number of hydrogen-bond donors (Lipinski definition) is 1. The molecule has 0 amide bonds. The minimum Gasteiger partial charge on any atom is -0.365 e. The Labute approximate surface area is 213 Å². The third-order valence-electron chi connectivity index (χ3n) is 7.67. The highest BCUT2D eigenvalue weighted by molar-refractivity contribution is 6.34. The lowest BCUT2D eigenvalue weighted by Gasteiger charge is -2.44. The number of fused-ring (bicyclic) bond motifs is 1. The highest BCUT2D eigenvalue weighted by Crippen LogP contribution is 2.51. The third kappa shape index (κ3) is 4.81. The Kier molecular flexibility index (Phi) is 6.26. The molecule has 2 aliphatic carbocycles. The number of halogens is 4. The Balaban J connectivity index is 1.75. The molecule has 0 spiro atoms. The van der Waals surface area contributed by atoms with Gasteiger partial charge in [0, 0.05) is 29.0 Å². The van der Waals surface area contributed by atoms with Crippen molar-refractivity contribution in [2.45, 2.75) is 64.3 Å².